The van der Waals surface area contributed by atoms with Gasteiger partial charge < -0.3 is 9.47 Å². The molecule has 1 aromatic rings. The normalized spacial score (nSPS) is 21.5. The predicted octanol–water partition coefficient (Wildman–Crippen LogP) is 1.38. The first-order valence-electron chi connectivity index (χ1n) is 5.63. The summed E-state index contributed by atoms with van der Waals surface area (Å²) < 4.78 is 24.2. The molecular weight excluding hydrogens is 223 g/mol. The Hall–Kier alpha value is -1.17. The number of hydrazine groups is 1. The number of nitrogens with two attached hydrogens (primary N) is 1. The van der Waals surface area contributed by atoms with Crippen molar-refractivity contribution in [2.24, 2.45) is 11.8 Å². The molecule has 0 amide bonds. The van der Waals surface area contributed by atoms with Crippen molar-refractivity contribution in [3.8, 4) is 5.75 Å². The molecule has 1 saturated heterocycles. The Labute approximate surface area is 99.9 Å². The molecule has 0 bridgehead atoms. The van der Waals surface area contributed by atoms with E-state index in [2.05, 4.69) is 5.43 Å². The fourth-order valence-electron chi connectivity index (χ4n) is 2.18. The van der Waals surface area contributed by atoms with Crippen LogP contribution in [0.2, 0.25) is 0 Å². The molecule has 17 heavy (non-hydrogen) atoms. The molecule has 5 heteroatoms. The van der Waals surface area contributed by atoms with Crippen molar-refractivity contribution < 1.29 is 13.9 Å². The van der Waals surface area contributed by atoms with E-state index in [1.54, 1.807) is 12.1 Å². The summed E-state index contributed by atoms with van der Waals surface area (Å²) in [7, 11) is 1.51. The monoisotopic (exact) mass is 240 g/mol. The third-order valence-electron chi connectivity index (χ3n) is 3.16. The minimum absolute atomic E-state index is 0.211. The maximum atomic E-state index is 13.9. The zero-order valence-electron chi connectivity index (χ0n) is 9.78. The van der Waals surface area contributed by atoms with E-state index in [0.29, 0.717) is 24.5 Å². The van der Waals surface area contributed by atoms with Gasteiger partial charge in [-0.2, -0.15) is 0 Å². The molecule has 2 rings (SSSR count). The van der Waals surface area contributed by atoms with Crippen molar-refractivity contribution in [3.63, 3.8) is 0 Å². The van der Waals surface area contributed by atoms with Crippen LogP contribution in [-0.4, -0.2) is 20.3 Å². The highest BCUT2D eigenvalue weighted by Crippen LogP contribution is 2.31. The van der Waals surface area contributed by atoms with Gasteiger partial charge in [-0.3, -0.25) is 11.3 Å². The van der Waals surface area contributed by atoms with Crippen LogP contribution in [-0.2, 0) is 4.74 Å². The number of nitrogens with one attached hydrogen (secondary N) is 1. The van der Waals surface area contributed by atoms with Gasteiger partial charge in [0.05, 0.1) is 19.8 Å². The summed E-state index contributed by atoms with van der Waals surface area (Å²) in [6.07, 6.45) is 0.889. The van der Waals surface area contributed by atoms with E-state index >= 15 is 0 Å². The van der Waals surface area contributed by atoms with Crippen LogP contribution in [0.4, 0.5) is 4.39 Å². The second kappa shape index (κ2) is 5.44. The van der Waals surface area contributed by atoms with Gasteiger partial charge in [0.25, 0.3) is 0 Å². The third-order valence-corrected chi connectivity index (χ3v) is 3.16. The van der Waals surface area contributed by atoms with E-state index in [-0.39, 0.29) is 17.8 Å². The quantitative estimate of drug-likeness (QED) is 0.616. The fourth-order valence-corrected chi connectivity index (χ4v) is 2.18. The predicted molar refractivity (Wildman–Crippen MR) is 61.9 cm³/mol. The number of hydrogen-bond donors (Lipinski definition) is 2. The first-order chi connectivity index (χ1) is 8.26. The Bertz CT molecular complexity index is 381. The molecule has 4 nitrogen and oxygen atoms in total. The molecule has 2 atom stereocenters. The zero-order chi connectivity index (χ0) is 12.3. The van der Waals surface area contributed by atoms with E-state index in [4.69, 9.17) is 15.3 Å². The molecule has 0 aromatic heterocycles. The summed E-state index contributed by atoms with van der Waals surface area (Å²) in [4.78, 5) is 0. The Morgan fingerprint density at radius 1 is 1.59 bits per heavy atom. The van der Waals surface area contributed by atoms with Crippen LogP contribution in [0, 0.1) is 11.7 Å². The number of halogens is 1. The summed E-state index contributed by atoms with van der Waals surface area (Å²) in [6, 6.07) is 4.59. The van der Waals surface area contributed by atoms with Crippen LogP contribution in [0.5, 0.6) is 5.75 Å². The van der Waals surface area contributed by atoms with Crippen LogP contribution >= 0.6 is 0 Å². The fraction of sp³-hybridized carbons (Fsp3) is 0.500. The van der Waals surface area contributed by atoms with Crippen LogP contribution < -0.4 is 16.0 Å². The van der Waals surface area contributed by atoms with Crippen molar-refractivity contribution in [1.29, 1.82) is 0 Å². The molecule has 0 radical (unpaired) electrons. The van der Waals surface area contributed by atoms with Crippen molar-refractivity contribution in [2.75, 3.05) is 20.3 Å². The van der Waals surface area contributed by atoms with Crippen molar-refractivity contribution in [1.82, 2.24) is 5.43 Å². The number of benzene rings is 1. The topological polar surface area (TPSA) is 56.5 Å². The van der Waals surface area contributed by atoms with E-state index in [1.165, 1.54) is 13.2 Å². The van der Waals surface area contributed by atoms with Gasteiger partial charge in [0, 0.05) is 24.2 Å². The summed E-state index contributed by atoms with van der Waals surface area (Å²) >= 11 is 0. The molecule has 1 aromatic carbocycles. The molecule has 1 aliphatic heterocycles. The summed E-state index contributed by atoms with van der Waals surface area (Å²) in [5, 5.41) is 0. The number of ether oxygens (including phenoxy) is 2. The van der Waals surface area contributed by atoms with Crippen molar-refractivity contribution >= 4 is 0 Å². The number of rotatable bonds is 4. The Morgan fingerprint density at radius 2 is 2.41 bits per heavy atom. The first-order valence-corrected chi connectivity index (χ1v) is 5.63. The lowest BCUT2D eigenvalue weighted by Gasteiger charge is -2.22. The minimum atomic E-state index is -0.306. The lowest BCUT2D eigenvalue weighted by atomic mass is 9.92. The Balaban J connectivity index is 2.23. The highest BCUT2D eigenvalue weighted by molar-refractivity contribution is 5.31. The first kappa shape index (κ1) is 12.3. The summed E-state index contributed by atoms with van der Waals surface area (Å²) in [5.74, 6) is 5.93. The lowest BCUT2D eigenvalue weighted by molar-refractivity contribution is 0.176. The molecular formula is C12H17FN2O2. The van der Waals surface area contributed by atoms with Gasteiger partial charge in [-0.1, -0.05) is 6.07 Å². The number of methoxy groups -OCH3 is 1. The molecule has 3 N–H and O–H groups in total. The molecule has 1 aliphatic rings. The van der Waals surface area contributed by atoms with Gasteiger partial charge in [-0.05, 0) is 12.5 Å². The highest BCUT2D eigenvalue weighted by atomic mass is 19.1. The largest absolute Gasteiger partial charge is 0.497 e. The minimum Gasteiger partial charge on any atom is -0.497 e. The van der Waals surface area contributed by atoms with E-state index in [1.807, 2.05) is 0 Å². The SMILES string of the molecule is COc1ccc(C(NN)C2CCOC2)c(F)c1. The second-order valence-electron chi connectivity index (χ2n) is 4.16. The molecule has 0 saturated carbocycles. The smallest absolute Gasteiger partial charge is 0.131 e. The van der Waals surface area contributed by atoms with Crippen LogP contribution in [0.3, 0.4) is 0 Å². The molecule has 94 valence electrons. The van der Waals surface area contributed by atoms with E-state index in [0.717, 1.165) is 6.42 Å². The second-order valence-corrected chi connectivity index (χ2v) is 4.16. The third kappa shape index (κ3) is 2.57. The molecule has 0 aliphatic carbocycles. The zero-order valence-corrected chi connectivity index (χ0v) is 9.78. The molecule has 1 heterocycles. The maximum absolute atomic E-state index is 13.9. The van der Waals surface area contributed by atoms with Gasteiger partial charge >= 0.3 is 0 Å². The van der Waals surface area contributed by atoms with Crippen LogP contribution in [0.25, 0.3) is 0 Å². The van der Waals surface area contributed by atoms with Gasteiger partial charge in [0.15, 0.2) is 0 Å². The number of hydrogen-bond acceptors (Lipinski definition) is 4. The summed E-state index contributed by atoms with van der Waals surface area (Å²) in [6.45, 7) is 1.32. The maximum Gasteiger partial charge on any atom is 0.131 e. The van der Waals surface area contributed by atoms with Gasteiger partial charge in [-0.15, -0.1) is 0 Å². The van der Waals surface area contributed by atoms with Crippen molar-refractivity contribution in [3.05, 3.63) is 29.6 Å². The summed E-state index contributed by atoms with van der Waals surface area (Å²) in [5.41, 5.74) is 3.24. The van der Waals surface area contributed by atoms with E-state index < -0.39 is 0 Å². The molecule has 1 fully saturated rings. The average molecular weight is 240 g/mol. The van der Waals surface area contributed by atoms with E-state index in [9.17, 15) is 4.39 Å². The van der Waals surface area contributed by atoms with Gasteiger partial charge in [0.1, 0.15) is 11.6 Å². The highest BCUT2D eigenvalue weighted by Gasteiger charge is 2.28. The molecule has 0 spiro atoms. The van der Waals surface area contributed by atoms with Crippen LogP contribution in [0.1, 0.15) is 18.0 Å². The average Bonchev–Trinajstić information content (AvgIpc) is 2.85. The van der Waals surface area contributed by atoms with Gasteiger partial charge in [0.2, 0.25) is 0 Å². The van der Waals surface area contributed by atoms with Crippen molar-refractivity contribution in [2.45, 2.75) is 12.5 Å². The standard InChI is InChI=1S/C12H17FN2O2/c1-16-9-2-3-10(11(13)6-9)12(15-14)8-4-5-17-7-8/h2-3,6,8,12,15H,4-5,7,14H2,1H3. The van der Waals surface area contributed by atoms with Gasteiger partial charge in [-0.25, -0.2) is 4.39 Å². The lowest BCUT2D eigenvalue weighted by Crippen LogP contribution is -2.34. The van der Waals surface area contributed by atoms with Crippen LogP contribution in [0.15, 0.2) is 18.2 Å². The Morgan fingerprint density at radius 3 is 2.94 bits per heavy atom. The molecule has 2 unspecified atom stereocenters. The Kier molecular flexibility index (Phi) is 3.93.